The molecule has 0 unspecified atom stereocenters. The first-order chi connectivity index (χ1) is 6.61. The summed E-state index contributed by atoms with van der Waals surface area (Å²) in [5.74, 6) is 0. The van der Waals surface area contributed by atoms with Crippen LogP contribution in [0.3, 0.4) is 0 Å². The molecule has 0 fully saturated rings. The molecule has 2 aromatic rings. The first-order valence-electron chi connectivity index (χ1n) is 4.55. The van der Waals surface area contributed by atoms with Crippen molar-refractivity contribution in [1.29, 1.82) is 0 Å². The van der Waals surface area contributed by atoms with Gasteiger partial charge in [0.15, 0.2) is 0 Å². The standard InChI is InChI=1S/C11H12N2O/c1-7-6-8(2)11(14)13-5-4-12-9(3)10(7)13/h4-6H,1-3H3. The van der Waals surface area contributed by atoms with E-state index in [-0.39, 0.29) is 5.56 Å². The molecule has 14 heavy (non-hydrogen) atoms. The van der Waals surface area contributed by atoms with Crippen LogP contribution in [0.15, 0.2) is 23.3 Å². The zero-order valence-corrected chi connectivity index (χ0v) is 8.53. The van der Waals surface area contributed by atoms with Gasteiger partial charge in [-0.25, -0.2) is 0 Å². The number of hydrogen-bond donors (Lipinski definition) is 0. The predicted octanol–water partition coefficient (Wildman–Crippen LogP) is 1.62. The number of rotatable bonds is 0. The molecule has 0 saturated carbocycles. The first-order valence-corrected chi connectivity index (χ1v) is 4.55. The Morgan fingerprint density at radius 1 is 1.21 bits per heavy atom. The lowest BCUT2D eigenvalue weighted by molar-refractivity contribution is 1.00. The van der Waals surface area contributed by atoms with Gasteiger partial charge in [-0.05, 0) is 32.4 Å². The van der Waals surface area contributed by atoms with E-state index in [1.54, 1.807) is 16.8 Å². The third-order valence-electron chi connectivity index (χ3n) is 2.43. The van der Waals surface area contributed by atoms with Crippen LogP contribution in [0, 0.1) is 20.8 Å². The Labute approximate surface area is 82.0 Å². The third kappa shape index (κ3) is 1.13. The second-order valence-corrected chi connectivity index (χ2v) is 3.55. The lowest BCUT2D eigenvalue weighted by atomic mass is 10.1. The van der Waals surface area contributed by atoms with E-state index in [4.69, 9.17) is 0 Å². The summed E-state index contributed by atoms with van der Waals surface area (Å²) < 4.78 is 1.66. The van der Waals surface area contributed by atoms with E-state index in [9.17, 15) is 4.79 Å². The Kier molecular flexibility index (Phi) is 1.88. The molecule has 0 spiro atoms. The minimum atomic E-state index is 0.0381. The molecule has 0 saturated heterocycles. The third-order valence-corrected chi connectivity index (χ3v) is 2.43. The Morgan fingerprint density at radius 3 is 2.64 bits per heavy atom. The molecule has 0 bridgehead atoms. The minimum absolute atomic E-state index is 0.0381. The fourth-order valence-electron chi connectivity index (χ4n) is 1.81. The van der Waals surface area contributed by atoms with Crippen LogP contribution in [0.1, 0.15) is 16.8 Å². The molecule has 0 aliphatic rings. The molecule has 0 amide bonds. The lowest BCUT2D eigenvalue weighted by Crippen LogP contribution is -2.17. The van der Waals surface area contributed by atoms with E-state index >= 15 is 0 Å². The number of fused-ring (bicyclic) bond motifs is 1. The molecular formula is C11H12N2O. The van der Waals surface area contributed by atoms with Crippen LogP contribution in [0.4, 0.5) is 0 Å². The summed E-state index contributed by atoms with van der Waals surface area (Å²) in [7, 11) is 0. The minimum Gasteiger partial charge on any atom is -0.280 e. The number of nitrogens with zero attached hydrogens (tertiary/aromatic N) is 2. The van der Waals surface area contributed by atoms with E-state index in [0.717, 1.165) is 22.3 Å². The van der Waals surface area contributed by atoms with Crippen molar-refractivity contribution in [2.75, 3.05) is 0 Å². The average molecular weight is 188 g/mol. The van der Waals surface area contributed by atoms with Gasteiger partial charge in [-0.2, -0.15) is 0 Å². The largest absolute Gasteiger partial charge is 0.280 e. The van der Waals surface area contributed by atoms with Crippen LogP contribution < -0.4 is 5.56 Å². The molecule has 3 nitrogen and oxygen atoms in total. The van der Waals surface area contributed by atoms with Crippen molar-refractivity contribution in [3.63, 3.8) is 0 Å². The summed E-state index contributed by atoms with van der Waals surface area (Å²) in [5.41, 5.74) is 3.71. The molecule has 0 aliphatic heterocycles. The van der Waals surface area contributed by atoms with Gasteiger partial charge in [0.2, 0.25) is 0 Å². The number of hydrogen-bond acceptors (Lipinski definition) is 2. The zero-order valence-electron chi connectivity index (χ0n) is 8.53. The summed E-state index contributed by atoms with van der Waals surface area (Å²) >= 11 is 0. The summed E-state index contributed by atoms with van der Waals surface area (Å²) in [6.07, 6.45) is 3.37. The van der Waals surface area contributed by atoms with Crippen molar-refractivity contribution >= 4 is 5.52 Å². The van der Waals surface area contributed by atoms with E-state index in [1.807, 2.05) is 26.8 Å². The summed E-state index contributed by atoms with van der Waals surface area (Å²) in [4.78, 5) is 15.9. The summed E-state index contributed by atoms with van der Waals surface area (Å²) in [6, 6.07) is 1.91. The summed E-state index contributed by atoms with van der Waals surface area (Å²) in [6.45, 7) is 5.74. The smallest absolute Gasteiger partial charge is 0.258 e. The van der Waals surface area contributed by atoms with Crippen molar-refractivity contribution in [3.05, 3.63) is 45.6 Å². The van der Waals surface area contributed by atoms with Gasteiger partial charge in [0.25, 0.3) is 5.56 Å². The van der Waals surface area contributed by atoms with Crippen molar-refractivity contribution in [2.45, 2.75) is 20.8 Å². The van der Waals surface area contributed by atoms with E-state index < -0.39 is 0 Å². The molecule has 2 heterocycles. The van der Waals surface area contributed by atoms with Crippen LogP contribution in [-0.2, 0) is 0 Å². The molecule has 0 atom stereocenters. The van der Waals surface area contributed by atoms with Crippen LogP contribution in [0.25, 0.3) is 5.52 Å². The predicted molar refractivity (Wildman–Crippen MR) is 55.7 cm³/mol. The van der Waals surface area contributed by atoms with Crippen LogP contribution in [0.2, 0.25) is 0 Å². The maximum Gasteiger partial charge on any atom is 0.258 e. The molecule has 2 rings (SSSR count). The SMILES string of the molecule is Cc1cc(C)c2c(C)nccn2c1=O. The van der Waals surface area contributed by atoms with E-state index in [2.05, 4.69) is 4.98 Å². The second-order valence-electron chi connectivity index (χ2n) is 3.55. The normalized spacial score (nSPS) is 10.8. The van der Waals surface area contributed by atoms with Crippen LogP contribution in [-0.4, -0.2) is 9.38 Å². The molecule has 72 valence electrons. The molecule has 0 aliphatic carbocycles. The van der Waals surface area contributed by atoms with Crippen LogP contribution >= 0.6 is 0 Å². The Balaban J connectivity index is 3.10. The highest BCUT2D eigenvalue weighted by Crippen LogP contribution is 2.11. The molecular weight excluding hydrogens is 176 g/mol. The highest BCUT2D eigenvalue weighted by atomic mass is 16.1. The number of pyridine rings is 1. The maximum atomic E-state index is 11.8. The topological polar surface area (TPSA) is 34.4 Å². The Bertz CT molecular complexity index is 555. The zero-order chi connectivity index (χ0) is 10.3. The first kappa shape index (κ1) is 8.94. The monoisotopic (exact) mass is 188 g/mol. The second kappa shape index (κ2) is 2.94. The molecule has 0 N–H and O–H groups in total. The van der Waals surface area contributed by atoms with Crippen molar-refractivity contribution in [2.24, 2.45) is 0 Å². The highest BCUT2D eigenvalue weighted by molar-refractivity contribution is 5.58. The molecule has 0 radical (unpaired) electrons. The van der Waals surface area contributed by atoms with Gasteiger partial charge in [-0.3, -0.25) is 14.2 Å². The fourth-order valence-corrected chi connectivity index (χ4v) is 1.81. The lowest BCUT2D eigenvalue weighted by Gasteiger charge is -2.07. The van der Waals surface area contributed by atoms with Gasteiger partial charge >= 0.3 is 0 Å². The fraction of sp³-hybridized carbons (Fsp3) is 0.273. The van der Waals surface area contributed by atoms with Crippen LogP contribution in [0.5, 0.6) is 0 Å². The van der Waals surface area contributed by atoms with Gasteiger partial charge in [-0.15, -0.1) is 0 Å². The molecule has 2 aromatic heterocycles. The quantitative estimate of drug-likeness (QED) is 0.629. The van der Waals surface area contributed by atoms with Crippen molar-refractivity contribution in [1.82, 2.24) is 9.38 Å². The molecule has 3 heteroatoms. The van der Waals surface area contributed by atoms with E-state index in [0.29, 0.717) is 0 Å². The van der Waals surface area contributed by atoms with Gasteiger partial charge in [0.05, 0.1) is 11.2 Å². The van der Waals surface area contributed by atoms with Gasteiger partial charge in [0, 0.05) is 18.0 Å². The van der Waals surface area contributed by atoms with Gasteiger partial charge < -0.3 is 0 Å². The number of aryl methyl sites for hydroxylation is 3. The number of aromatic nitrogens is 2. The highest BCUT2D eigenvalue weighted by Gasteiger charge is 2.05. The Hall–Kier alpha value is -1.64. The summed E-state index contributed by atoms with van der Waals surface area (Å²) in [5, 5.41) is 0. The van der Waals surface area contributed by atoms with E-state index in [1.165, 1.54) is 0 Å². The van der Waals surface area contributed by atoms with Crippen molar-refractivity contribution < 1.29 is 0 Å². The van der Waals surface area contributed by atoms with Gasteiger partial charge in [0.1, 0.15) is 0 Å². The average Bonchev–Trinajstić information content (AvgIpc) is 2.14. The van der Waals surface area contributed by atoms with Gasteiger partial charge in [-0.1, -0.05) is 0 Å². The van der Waals surface area contributed by atoms with Crippen molar-refractivity contribution in [3.8, 4) is 0 Å². The Morgan fingerprint density at radius 2 is 1.93 bits per heavy atom. The maximum absolute atomic E-state index is 11.8. The molecule has 0 aromatic carbocycles.